The van der Waals surface area contributed by atoms with Crippen LogP contribution in [0.15, 0.2) is 0 Å². The van der Waals surface area contributed by atoms with E-state index in [4.69, 9.17) is 5.73 Å². The summed E-state index contributed by atoms with van der Waals surface area (Å²) in [6.45, 7) is 8.81. The lowest BCUT2D eigenvalue weighted by Crippen LogP contribution is -2.30. The summed E-state index contributed by atoms with van der Waals surface area (Å²) in [4.78, 5) is 0. The van der Waals surface area contributed by atoms with Crippen molar-refractivity contribution in [3.05, 3.63) is 0 Å². The normalized spacial score (nSPS) is 18.0. The van der Waals surface area contributed by atoms with Gasteiger partial charge in [0.15, 0.2) is 0 Å². The zero-order valence-corrected chi connectivity index (χ0v) is 7.02. The molecule has 0 radical (unpaired) electrons. The van der Waals surface area contributed by atoms with Crippen molar-refractivity contribution in [3.63, 3.8) is 0 Å². The first kappa shape index (κ1) is 8.96. The molecular weight excluding hydrogens is 110 g/mol. The van der Waals surface area contributed by atoms with E-state index in [0.29, 0.717) is 12.0 Å². The number of hydrogen-bond donors (Lipinski definition) is 1. The summed E-state index contributed by atoms with van der Waals surface area (Å²) in [6.07, 6.45) is 1.10. The van der Waals surface area contributed by atoms with Gasteiger partial charge < -0.3 is 5.73 Å². The van der Waals surface area contributed by atoms with Gasteiger partial charge in [0, 0.05) is 6.04 Å². The highest BCUT2D eigenvalue weighted by Crippen LogP contribution is 2.14. The molecule has 0 heterocycles. The number of rotatable bonds is 3. The van der Waals surface area contributed by atoms with Crippen LogP contribution in [0, 0.1) is 11.8 Å². The van der Waals surface area contributed by atoms with E-state index in [-0.39, 0.29) is 0 Å². The fraction of sp³-hybridized carbons (Fsp3) is 1.00. The van der Waals surface area contributed by atoms with Crippen LogP contribution >= 0.6 is 0 Å². The maximum absolute atomic E-state index is 5.82. The Bertz CT molecular complexity index is 69.0. The molecule has 0 bridgehead atoms. The molecule has 0 rings (SSSR count). The van der Waals surface area contributed by atoms with Crippen molar-refractivity contribution in [1.82, 2.24) is 0 Å². The number of hydrogen-bond acceptors (Lipinski definition) is 1. The Hall–Kier alpha value is -0.0400. The van der Waals surface area contributed by atoms with Crippen LogP contribution in [-0.2, 0) is 0 Å². The third kappa shape index (κ3) is 2.85. The molecule has 0 aliphatic carbocycles. The molecule has 0 aromatic rings. The van der Waals surface area contributed by atoms with Gasteiger partial charge in [-0.25, -0.2) is 0 Å². The Labute approximate surface area is 58.6 Å². The molecule has 1 heteroatoms. The Morgan fingerprint density at radius 2 is 1.67 bits per heavy atom. The van der Waals surface area contributed by atoms with Crippen molar-refractivity contribution >= 4 is 0 Å². The SMILES string of the molecule is CC[C@@H](N)[C@@H](C)C(C)C. The fourth-order valence-electron chi connectivity index (χ4n) is 0.866. The maximum Gasteiger partial charge on any atom is 0.00643 e. The van der Waals surface area contributed by atoms with Crippen LogP contribution in [0.1, 0.15) is 34.1 Å². The average molecular weight is 129 g/mol. The quantitative estimate of drug-likeness (QED) is 0.620. The smallest absolute Gasteiger partial charge is 0.00643 e. The van der Waals surface area contributed by atoms with Crippen LogP contribution in [0.25, 0.3) is 0 Å². The van der Waals surface area contributed by atoms with Crippen molar-refractivity contribution < 1.29 is 0 Å². The van der Waals surface area contributed by atoms with Gasteiger partial charge in [-0.1, -0.05) is 27.7 Å². The van der Waals surface area contributed by atoms with Crippen LogP contribution in [0.5, 0.6) is 0 Å². The van der Waals surface area contributed by atoms with Gasteiger partial charge in [-0.05, 0) is 18.3 Å². The predicted octanol–water partition coefficient (Wildman–Crippen LogP) is 2.02. The van der Waals surface area contributed by atoms with E-state index in [2.05, 4.69) is 27.7 Å². The van der Waals surface area contributed by atoms with Crippen LogP contribution in [0.3, 0.4) is 0 Å². The highest BCUT2D eigenvalue weighted by Gasteiger charge is 2.13. The van der Waals surface area contributed by atoms with E-state index in [0.717, 1.165) is 12.3 Å². The summed E-state index contributed by atoms with van der Waals surface area (Å²) in [5.41, 5.74) is 5.82. The van der Waals surface area contributed by atoms with Gasteiger partial charge in [0.2, 0.25) is 0 Å². The van der Waals surface area contributed by atoms with Gasteiger partial charge in [-0.2, -0.15) is 0 Å². The van der Waals surface area contributed by atoms with E-state index in [1.807, 2.05) is 0 Å². The zero-order valence-electron chi connectivity index (χ0n) is 7.02. The van der Waals surface area contributed by atoms with Gasteiger partial charge in [0.05, 0.1) is 0 Å². The lowest BCUT2D eigenvalue weighted by molar-refractivity contribution is 0.340. The van der Waals surface area contributed by atoms with Crippen LogP contribution < -0.4 is 5.73 Å². The minimum Gasteiger partial charge on any atom is -0.327 e. The van der Waals surface area contributed by atoms with Crippen molar-refractivity contribution in [2.45, 2.75) is 40.2 Å². The molecule has 0 aromatic carbocycles. The van der Waals surface area contributed by atoms with Crippen molar-refractivity contribution in [3.8, 4) is 0 Å². The molecule has 0 spiro atoms. The minimum atomic E-state index is 0.394. The molecule has 0 unspecified atom stereocenters. The third-order valence-corrected chi connectivity index (χ3v) is 2.20. The first-order valence-corrected chi connectivity index (χ1v) is 3.85. The second-order valence-corrected chi connectivity index (χ2v) is 3.18. The Morgan fingerprint density at radius 3 is 1.78 bits per heavy atom. The van der Waals surface area contributed by atoms with Gasteiger partial charge in [0.1, 0.15) is 0 Å². The van der Waals surface area contributed by atoms with E-state index in [1.54, 1.807) is 0 Å². The summed E-state index contributed by atoms with van der Waals surface area (Å²) >= 11 is 0. The second-order valence-electron chi connectivity index (χ2n) is 3.18. The van der Waals surface area contributed by atoms with Crippen LogP contribution in [0.2, 0.25) is 0 Å². The van der Waals surface area contributed by atoms with E-state index in [9.17, 15) is 0 Å². The first-order valence-electron chi connectivity index (χ1n) is 3.85. The number of nitrogens with two attached hydrogens (primary N) is 1. The first-order chi connectivity index (χ1) is 4.09. The largest absolute Gasteiger partial charge is 0.327 e. The molecule has 0 aliphatic rings. The average Bonchev–Trinajstić information content (AvgIpc) is 1.84. The molecule has 0 amide bonds. The maximum atomic E-state index is 5.82. The van der Waals surface area contributed by atoms with Crippen molar-refractivity contribution in [2.75, 3.05) is 0 Å². The van der Waals surface area contributed by atoms with E-state index < -0.39 is 0 Å². The van der Waals surface area contributed by atoms with Gasteiger partial charge in [-0.3, -0.25) is 0 Å². The molecule has 1 nitrogen and oxygen atoms in total. The second kappa shape index (κ2) is 3.89. The van der Waals surface area contributed by atoms with Crippen LogP contribution in [0.4, 0.5) is 0 Å². The summed E-state index contributed by atoms with van der Waals surface area (Å²) in [5.74, 6) is 1.38. The molecule has 0 saturated carbocycles. The lowest BCUT2D eigenvalue weighted by Gasteiger charge is -2.21. The summed E-state index contributed by atoms with van der Waals surface area (Å²) in [6, 6.07) is 0.394. The van der Waals surface area contributed by atoms with E-state index >= 15 is 0 Å². The van der Waals surface area contributed by atoms with Gasteiger partial charge >= 0.3 is 0 Å². The molecule has 2 N–H and O–H groups in total. The highest BCUT2D eigenvalue weighted by atomic mass is 14.6. The molecule has 0 saturated heterocycles. The molecule has 0 fully saturated rings. The zero-order chi connectivity index (χ0) is 7.44. The summed E-state index contributed by atoms with van der Waals surface area (Å²) in [7, 11) is 0. The highest BCUT2D eigenvalue weighted by molar-refractivity contribution is 4.69. The molecule has 9 heavy (non-hydrogen) atoms. The van der Waals surface area contributed by atoms with Gasteiger partial charge in [0.25, 0.3) is 0 Å². The van der Waals surface area contributed by atoms with E-state index in [1.165, 1.54) is 0 Å². The Kier molecular flexibility index (Phi) is 3.87. The summed E-state index contributed by atoms with van der Waals surface area (Å²) in [5, 5.41) is 0. The van der Waals surface area contributed by atoms with Crippen LogP contribution in [-0.4, -0.2) is 6.04 Å². The predicted molar refractivity (Wildman–Crippen MR) is 42.3 cm³/mol. The Morgan fingerprint density at radius 1 is 1.22 bits per heavy atom. The topological polar surface area (TPSA) is 26.0 Å². The standard InChI is InChI=1S/C8H19N/c1-5-8(9)7(4)6(2)3/h6-8H,5,9H2,1-4H3/t7-,8+/m0/s1. The molecule has 0 aliphatic heterocycles. The van der Waals surface area contributed by atoms with Gasteiger partial charge in [-0.15, -0.1) is 0 Å². The Balaban J connectivity index is 3.58. The fourth-order valence-corrected chi connectivity index (χ4v) is 0.866. The molecule has 56 valence electrons. The monoisotopic (exact) mass is 129 g/mol. The molecule has 0 aromatic heterocycles. The third-order valence-electron chi connectivity index (χ3n) is 2.20. The lowest BCUT2D eigenvalue weighted by atomic mass is 9.90. The summed E-state index contributed by atoms with van der Waals surface area (Å²) < 4.78 is 0. The van der Waals surface area contributed by atoms with Crippen molar-refractivity contribution in [1.29, 1.82) is 0 Å². The van der Waals surface area contributed by atoms with Crippen molar-refractivity contribution in [2.24, 2.45) is 17.6 Å². The minimum absolute atomic E-state index is 0.394. The molecule has 2 atom stereocenters. The molecular formula is C8H19N.